The van der Waals surface area contributed by atoms with Gasteiger partial charge in [-0.15, -0.1) is 0 Å². The van der Waals surface area contributed by atoms with Gasteiger partial charge in [0.05, 0.1) is 18.2 Å². The second-order valence-electron chi connectivity index (χ2n) is 12.6. The van der Waals surface area contributed by atoms with Gasteiger partial charge in [0.15, 0.2) is 0 Å². The number of carbonyl (C=O) groups excluding carboxylic acids is 3. The van der Waals surface area contributed by atoms with Crippen molar-refractivity contribution < 1.29 is 24.2 Å². The van der Waals surface area contributed by atoms with Crippen molar-refractivity contribution >= 4 is 23.6 Å². The van der Waals surface area contributed by atoms with E-state index in [-0.39, 0.29) is 30.6 Å². The summed E-state index contributed by atoms with van der Waals surface area (Å²) in [4.78, 5) is 41.1. The Morgan fingerprint density at radius 1 is 0.880 bits per heavy atom. The van der Waals surface area contributed by atoms with Crippen LogP contribution in [0.3, 0.4) is 0 Å². The van der Waals surface area contributed by atoms with Crippen molar-refractivity contribution in [2.75, 3.05) is 44.3 Å². The van der Waals surface area contributed by atoms with Crippen molar-refractivity contribution in [3.63, 3.8) is 0 Å². The van der Waals surface area contributed by atoms with Crippen LogP contribution < -0.4 is 21.8 Å². The minimum absolute atomic E-state index is 0.0332. The molecule has 1 aliphatic rings. The maximum atomic E-state index is 13.5. The van der Waals surface area contributed by atoms with Gasteiger partial charge in [-0.2, -0.15) is 0 Å². The maximum Gasteiger partial charge on any atom is 0.429 e. The first-order valence-electron chi connectivity index (χ1n) is 17.8. The number of benzene rings is 3. The minimum Gasteiger partial charge on any atom is -0.508 e. The monoisotopic (exact) mass is 685 g/mol. The van der Waals surface area contributed by atoms with E-state index in [9.17, 15) is 19.5 Å². The molecule has 269 valence electrons. The molecule has 3 aromatic rings. The molecule has 50 heavy (non-hydrogen) atoms. The van der Waals surface area contributed by atoms with Crippen LogP contribution in [0.4, 0.5) is 10.5 Å². The average molecular weight is 686 g/mol. The number of phenols is 1. The summed E-state index contributed by atoms with van der Waals surface area (Å²) in [7, 11) is 0. The number of amides is 3. The van der Waals surface area contributed by atoms with Gasteiger partial charge in [0.1, 0.15) is 12.4 Å². The van der Waals surface area contributed by atoms with E-state index in [4.69, 9.17) is 16.2 Å². The lowest BCUT2D eigenvalue weighted by Crippen LogP contribution is -2.50. The first kappa shape index (κ1) is 38.4. The lowest BCUT2D eigenvalue weighted by Gasteiger charge is -2.37. The van der Waals surface area contributed by atoms with E-state index in [1.807, 2.05) is 59.6 Å². The summed E-state index contributed by atoms with van der Waals surface area (Å²) >= 11 is 0. The number of unbranched alkanes of at least 4 members (excludes halogenated alkanes) is 3. The predicted octanol–water partition coefficient (Wildman–Crippen LogP) is 5.38. The fourth-order valence-electron chi connectivity index (χ4n) is 5.99. The third kappa shape index (κ3) is 12.2. The van der Waals surface area contributed by atoms with Crippen LogP contribution in [0.2, 0.25) is 0 Å². The summed E-state index contributed by atoms with van der Waals surface area (Å²) in [5.41, 5.74) is 15.4. The number of hydrogen-bond acceptors (Lipinski definition) is 8. The number of nitrogens with zero attached hydrogens (tertiary/aromatic N) is 3. The third-order valence-electron chi connectivity index (χ3n) is 8.75. The fraction of sp³-hybridized carbons (Fsp3) is 0.436. The van der Waals surface area contributed by atoms with Gasteiger partial charge in [-0.25, -0.2) is 14.8 Å². The number of para-hydroxylation sites is 1. The van der Waals surface area contributed by atoms with Crippen molar-refractivity contribution in [1.82, 2.24) is 15.2 Å². The number of phenolic OH excluding ortho intramolecular Hbond substituents is 1. The number of hydrazine groups is 1. The highest BCUT2D eigenvalue weighted by atomic mass is 16.6. The molecule has 0 saturated carbocycles. The molecule has 1 aliphatic heterocycles. The number of nitrogens with one attached hydrogen (secondary N) is 1. The van der Waals surface area contributed by atoms with Gasteiger partial charge in [0.25, 0.3) is 0 Å². The summed E-state index contributed by atoms with van der Waals surface area (Å²) < 4.78 is 5.68. The maximum absolute atomic E-state index is 13.5. The Hall–Kier alpha value is -4.45. The Morgan fingerprint density at radius 3 is 2.34 bits per heavy atom. The fourth-order valence-corrected chi connectivity index (χ4v) is 5.99. The van der Waals surface area contributed by atoms with E-state index < -0.39 is 12.1 Å². The highest BCUT2D eigenvalue weighted by Gasteiger charge is 2.28. The topological polar surface area (TPSA) is 154 Å². The van der Waals surface area contributed by atoms with Gasteiger partial charge >= 0.3 is 6.09 Å². The standard InChI is InChI=1S/C39H53N6O5/c40-24-9-8-17-35(41)38(48)43(30-31-19-21-33(46)22-20-31)26-11-2-10-25-42-37(47)23-29-50-39(49)45(44-27-12-3-13-28-44)36-18-7-6-16-34(36)32-14-4-1-5-15-32/h1,3-7,14-16,18-22,35,46H,2,8-13,17,23-30,40-41H2,(H,42,47)/t35-/m0/s1. The molecular formula is C39H53N6O5. The second kappa shape index (κ2) is 20.9. The molecule has 3 aromatic carbocycles. The number of hydrogen-bond donors (Lipinski definition) is 4. The van der Waals surface area contributed by atoms with Gasteiger partial charge in [0.2, 0.25) is 11.8 Å². The molecule has 1 heterocycles. The van der Waals surface area contributed by atoms with Crippen LogP contribution in [0.15, 0.2) is 78.9 Å². The average Bonchev–Trinajstić information content (AvgIpc) is 3.14. The van der Waals surface area contributed by atoms with Gasteiger partial charge in [-0.1, -0.05) is 67.1 Å². The largest absolute Gasteiger partial charge is 0.508 e. The predicted molar refractivity (Wildman–Crippen MR) is 197 cm³/mol. The van der Waals surface area contributed by atoms with Crippen molar-refractivity contribution in [3.8, 4) is 16.9 Å². The van der Waals surface area contributed by atoms with Crippen LogP contribution in [0.1, 0.15) is 63.4 Å². The number of ether oxygens (including phenoxy) is 1. The molecule has 11 nitrogen and oxygen atoms in total. The number of aromatic hydroxyl groups is 1. The van der Waals surface area contributed by atoms with E-state index in [0.717, 1.165) is 67.3 Å². The molecule has 0 spiro atoms. The normalized spacial score (nSPS) is 13.7. The molecule has 0 aromatic heterocycles. The molecule has 1 fully saturated rings. The summed E-state index contributed by atoms with van der Waals surface area (Å²) in [5, 5.41) is 16.2. The number of piperidine rings is 1. The molecular weight excluding hydrogens is 632 g/mol. The molecule has 0 aliphatic carbocycles. The Balaban J connectivity index is 1.22. The lowest BCUT2D eigenvalue weighted by molar-refractivity contribution is -0.133. The van der Waals surface area contributed by atoms with Crippen molar-refractivity contribution in [2.24, 2.45) is 11.5 Å². The molecule has 1 atom stereocenters. The SMILES string of the molecule is NCCCC[C@H](N)C(=O)N(CCCCCNC(=O)CCOC(=O)N(c1ccccc1-c1ccccc1)N1CC[CH]CC1)Cc1ccc(O)cc1. The Kier molecular flexibility index (Phi) is 16.0. The first-order chi connectivity index (χ1) is 24.4. The zero-order valence-corrected chi connectivity index (χ0v) is 29.1. The van der Waals surface area contributed by atoms with E-state index in [2.05, 4.69) is 11.7 Å². The molecule has 0 unspecified atom stereocenters. The zero-order valence-electron chi connectivity index (χ0n) is 29.1. The number of carbonyl (C=O) groups is 3. The molecule has 0 bridgehead atoms. The Morgan fingerprint density at radius 2 is 1.60 bits per heavy atom. The van der Waals surface area contributed by atoms with Crippen LogP contribution in [0, 0.1) is 6.42 Å². The van der Waals surface area contributed by atoms with Gasteiger partial charge in [0, 0.05) is 38.3 Å². The molecule has 3 amide bonds. The van der Waals surface area contributed by atoms with Crippen LogP contribution in [-0.2, 0) is 20.9 Å². The van der Waals surface area contributed by atoms with Crippen LogP contribution >= 0.6 is 0 Å². The molecule has 6 N–H and O–H groups in total. The van der Waals surface area contributed by atoms with E-state index in [0.29, 0.717) is 45.7 Å². The van der Waals surface area contributed by atoms with Crippen molar-refractivity contribution in [3.05, 3.63) is 90.8 Å². The van der Waals surface area contributed by atoms with Crippen LogP contribution in [0.5, 0.6) is 5.75 Å². The Bertz CT molecular complexity index is 1470. The second-order valence-corrected chi connectivity index (χ2v) is 12.6. The van der Waals surface area contributed by atoms with Gasteiger partial charge < -0.3 is 31.5 Å². The molecule has 4 rings (SSSR count). The number of rotatable bonds is 19. The lowest BCUT2D eigenvalue weighted by atomic mass is 10.0. The highest BCUT2D eigenvalue weighted by molar-refractivity contribution is 5.93. The van der Waals surface area contributed by atoms with E-state index >= 15 is 0 Å². The summed E-state index contributed by atoms with van der Waals surface area (Å²) in [6, 6.07) is 24.0. The third-order valence-corrected chi connectivity index (χ3v) is 8.75. The summed E-state index contributed by atoms with van der Waals surface area (Å²) in [6.45, 7) is 3.36. The highest BCUT2D eigenvalue weighted by Crippen LogP contribution is 2.33. The smallest absolute Gasteiger partial charge is 0.429 e. The molecule has 1 saturated heterocycles. The summed E-state index contributed by atoms with van der Waals surface area (Å²) in [6.07, 6.45) is 8.02. The van der Waals surface area contributed by atoms with Crippen LogP contribution in [-0.4, -0.2) is 78.3 Å². The number of nitrogens with two attached hydrogens (primary N) is 2. The zero-order chi connectivity index (χ0) is 35.6. The quantitative estimate of drug-likeness (QED) is 0.123. The Labute approximate surface area is 296 Å². The molecule has 1 radical (unpaired) electrons. The molecule has 11 heteroatoms. The first-order valence-corrected chi connectivity index (χ1v) is 17.8. The van der Waals surface area contributed by atoms with Gasteiger partial charge in [-0.05, 0) is 87.2 Å². The summed E-state index contributed by atoms with van der Waals surface area (Å²) in [5.74, 6) is -0.110. The van der Waals surface area contributed by atoms with Crippen molar-refractivity contribution in [1.29, 1.82) is 0 Å². The minimum atomic E-state index is -0.587. The van der Waals surface area contributed by atoms with E-state index in [1.165, 1.54) is 0 Å². The van der Waals surface area contributed by atoms with Crippen LogP contribution in [0.25, 0.3) is 11.1 Å². The number of anilines is 1. The van der Waals surface area contributed by atoms with Crippen molar-refractivity contribution in [2.45, 2.75) is 70.4 Å². The van der Waals surface area contributed by atoms with Gasteiger partial charge in [-0.3, -0.25) is 9.59 Å². The van der Waals surface area contributed by atoms with E-state index in [1.54, 1.807) is 34.2 Å².